The molecule has 2 unspecified atom stereocenters. The zero-order valence-corrected chi connectivity index (χ0v) is 20.5. The van der Waals surface area contributed by atoms with E-state index in [0.29, 0.717) is 12.8 Å². The molecule has 7 nitrogen and oxygen atoms in total. The highest BCUT2D eigenvalue weighted by molar-refractivity contribution is 5.86. The van der Waals surface area contributed by atoms with Crippen LogP contribution in [0.3, 0.4) is 0 Å². The maximum atomic E-state index is 13.0. The van der Waals surface area contributed by atoms with Gasteiger partial charge in [0.15, 0.2) is 0 Å². The van der Waals surface area contributed by atoms with E-state index in [0.717, 1.165) is 35.1 Å². The summed E-state index contributed by atoms with van der Waals surface area (Å²) in [5.41, 5.74) is 3.96. The second-order valence-electron chi connectivity index (χ2n) is 10.6. The predicted molar refractivity (Wildman–Crippen MR) is 133 cm³/mol. The molecule has 3 N–H and O–H groups in total. The van der Waals surface area contributed by atoms with Crippen LogP contribution >= 0.6 is 0 Å². The standard InChI is InChI=1S/C28H34N2O5/c1-28(2,3)24(26(32)33)30-25(31)21-14-8-9-15-23(21)29-27(34)35-16-22-19-12-6-4-10-17(19)18-11-5-7-13-20(18)22/h4-7,10-13,21-24H,8-9,14-16H2,1-3H3,(H,29,34)(H,30,31)(H,32,33)/t21?,23?,24-/m0/s1. The lowest BCUT2D eigenvalue weighted by Gasteiger charge is -2.34. The summed E-state index contributed by atoms with van der Waals surface area (Å²) in [6.45, 7) is 5.53. The Bertz CT molecular complexity index is 1060. The molecule has 1 fully saturated rings. The highest BCUT2D eigenvalue weighted by Crippen LogP contribution is 2.44. The lowest BCUT2D eigenvalue weighted by molar-refractivity contribution is -0.146. The van der Waals surface area contributed by atoms with Crippen molar-refractivity contribution in [2.24, 2.45) is 11.3 Å². The van der Waals surface area contributed by atoms with Crippen LogP contribution in [0.15, 0.2) is 48.5 Å². The molecule has 0 saturated heterocycles. The summed E-state index contributed by atoms with van der Waals surface area (Å²) in [5, 5.41) is 15.2. The minimum atomic E-state index is -1.07. The van der Waals surface area contributed by atoms with E-state index in [1.54, 1.807) is 20.8 Å². The number of carbonyl (C=O) groups is 3. The van der Waals surface area contributed by atoms with E-state index in [2.05, 4.69) is 34.9 Å². The van der Waals surface area contributed by atoms with Gasteiger partial charge in [0, 0.05) is 12.0 Å². The normalized spacial score (nSPS) is 20.3. The highest BCUT2D eigenvalue weighted by atomic mass is 16.5. The number of amides is 2. The molecule has 3 atom stereocenters. The first-order chi connectivity index (χ1) is 16.7. The number of carboxylic acids is 1. The van der Waals surface area contributed by atoms with Crippen molar-refractivity contribution in [3.05, 3.63) is 59.7 Å². The summed E-state index contributed by atoms with van der Waals surface area (Å²) in [7, 11) is 0. The number of ether oxygens (including phenoxy) is 1. The average Bonchev–Trinajstić information content (AvgIpc) is 3.14. The molecule has 0 heterocycles. The van der Waals surface area contributed by atoms with Crippen LogP contribution in [-0.2, 0) is 14.3 Å². The Morgan fingerprint density at radius 1 is 0.971 bits per heavy atom. The number of carboxylic acid groups (broad SMARTS) is 1. The molecular formula is C28H34N2O5. The Hall–Kier alpha value is -3.35. The summed E-state index contributed by atoms with van der Waals surface area (Å²) in [6, 6.07) is 14.9. The molecule has 0 aromatic heterocycles. The second-order valence-corrected chi connectivity index (χ2v) is 10.6. The zero-order valence-electron chi connectivity index (χ0n) is 20.5. The molecule has 2 amide bonds. The van der Waals surface area contributed by atoms with E-state index in [1.165, 1.54) is 0 Å². The fourth-order valence-electron chi connectivity index (χ4n) is 5.31. The van der Waals surface area contributed by atoms with Crippen molar-refractivity contribution in [2.75, 3.05) is 6.61 Å². The monoisotopic (exact) mass is 478 g/mol. The fourth-order valence-corrected chi connectivity index (χ4v) is 5.31. The molecule has 0 bridgehead atoms. The Labute approximate surface area is 206 Å². The molecule has 0 spiro atoms. The average molecular weight is 479 g/mol. The van der Waals surface area contributed by atoms with Crippen molar-refractivity contribution in [1.82, 2.24) is 10.6 Å². The Kier molecular flexibility index (Phi) is 7.15. The van der Waals surface area contributed by atoms with Gasteiger partial charge in [-0.3, -0.25) is 4.79 Å². The highest BCUT2D eigenvalue weighted by Gasteiger charge is 2.38. The van der Waals surface area contributed by atoms with Crippen molar-refractivity contribution in [3.63, 3.8) is 0 Å². The van der Waals surface area contributed by atoms with E-state index in [1.807, 2.05) is 24.3 Å². The topological polar surface area (TPSA) is 105 Å². The summed E-state index contributed by atoms with van der Waals surface area (Å²) in [4.78, 5) is 37.5. The Morgan fingerprint density at radius 3 is 2.11 bits per heavy atom. The van der Waals surface area contributed by atoms with Gasteiger partial charge in [0.2, 0.25) is 5.91 Å². The minimum Gasteiger partial charge on any atom is -0.480 e. The van der Waals surface area contributed by atoms with Crippen molar-refractivity contribution >= 4 is 18.0 Å². The molecule has 1 saturated carbocycles. The summed E-state index contributed by atoms with van der Waals surface area (Å²) in [6.07, 6.45) is 2.43. The molecule has 186 valence electrons. The first kappa shape index (κ1) is 24.8. The van der Waals surface area contributed by atoms with Gasteiger partial charge in [-0.1, -0.05) is 82.1 Å². The van der Waals surface area contributed by atoms with Gasteiger partial charge < -0.3 is 20.5 Å². The third-order valence-corrected chi connectivity index (χ3v) is 7.15. The van der Waals surface area contributed by atoms with Crippen molar-refractivity contribution < 1.29 is 24.2 Å². The van der Waals surface area contributed by atoms with Crippen LogP contribution in [-0.4, -0.2) is 41.8 Å². The molecule has 2 aliphatic carbocycles. The number of benzene rings is 2. The third-order valence-electron chi connectivity index (χ3n) is 7.15. The van der Waals surface area contributed by atoms with Crippen LogP contribution in [0, 0.1) is 11.3 Å². The lowest BCUT2D eigenvalue weighted by Crippen LogP contribution is -2.55. The number of fused-ring (bicyclic) bond motifs is 3. The Balaban J connectivity index is 1.40. The SMILES string of the molecule is CC(C)(C)[C@@H](NC(=O)C1CCCCC1NC(=O)OCC1c2ccccc2-c2ccccc21)C(=O)O. The van der Waals surface area contributed by atoms with Gasteiger partial charge >= 0.3 is 12.1 Å². The number of hydrogen-bond donors (Lipinski definition) is 3. The number of hydrogen-bond acceptors (Lipinski definition) is 4. The molecule has 0 radical (unpaired) electrons. The third kappa shape index (κ3) is 5.34. The fraction of sp³-hybridized carbons (Fsp3) is 0.464. The van der Waals surface area contributed by atoms with Crippen LogP contribution in [0.5, 0.6) is 0 Å². The van der Waals surface area contributed by atoms with Crippen molar-refractivity contribution in [3.8, 4) is 11.1 Å². The Morgan fingerprint density at radius 2 is 1.54 bits per heavy atom. The maximum absolute atomic E-state index is 13.0. The number of carbonyl (C=O) groups excluding carboxylic acids is 2. The van der Waals surface area contributed by atoms with Crippen LogP contribution in [0.4, 0.5) is 4.79 Å². The molecule has 2 aromatic carbocycles. The zero-order chi connectivity index (χ0) is 25.2. The van der Waals surface area contributed by atoms with Gasteiger partial charge in [-0.05, 0) is 40.5 Å². The quantitative estimate of drug-likeness (QED) is 0.558. The first-order valence-electron chi connectivity index (χ1n) is 12.3. The minimum absolute atomic E-state index is 0.0401. The number of aliphatic carboxylic acids is 1. The largest absolute Gasteiger partial charge is 0.480 e. The van der Waals surface area contributed by atoms with E-state index in [9.17, 15) is 19.5 Å². The molecule has 4 rings (SSSR count). The molecule has 0 aliphatic heterocycles. The van der Waals surface area contributed by atoms with E-state index in [-0.39, 0.29) is 18.4 Å². The van der Waals surface area contributed by atoms with E-state index >= 15 is 0 Å². The second kappa shape index (κ2) is 10.1. The summed E-state index contributed by atoms with van der Waals surface area (Å²) >= 11 is 0. The van der Waals surface area contributed by atoms with Crippen LogP contribution in [0.1, 0.15) is 63.5 Å². The number of nitrogens with one attached hydrogen (secondary N) is 2. The number of rotatable bonds is 6. The van der Waals surface area contributed by atoms with Crippen LogP contribution in [0.25, 0.3) is 11.1 Å². The van der Waals surface area contributed by atoms with Crippen LogP contribution in [0.2, 0.25) is 0 Å². The molecule has 2 aromatic rings. The maximum Gasteiger partial charge on any atom is 0.407 e. The van der Waals surface area contributed by atoms with Gasteiger partial charge in [0.05, 0.1) is 5.92 Å². The van der Waals surface area contributed by atoms with E-state index in [4.69, 9.17) is 4.74 Å². The molecule has 2 aliphatic rings. The first-order valence-corrected chi connectivity index (χ1v) is 12.3. The van der Waals surface area contributed by atoms with Gasteiger partial charge in [0.1, 0.15) is 12.6 Å². The summed E-state index contributed by atoms with van der Waals surface area (Å²) in [5.74, 6) is -1.94. The molecule has 7 heteroatoms. The smallest absolute Gasteiger partial charge is 0.407 e. The van der Waals surface area contributed by atoms with Crippen LogP contribution < -0.4 is 10.6 Å². The van der Waals surface area contributed by atoms with Gasteiger partial charge in [0.25, 0.3) is 0 Å². The predicted octanol–water partition coefficient (Wildman–Crippen LogP) is 4.70. The van der Waals surface area contributed by atoms with Gasteiger partial charge in [-0.2, -0.15) is 0 Å². The lowest BCUT2D eigenvalue weighted by atomic mass is 9.82. The van der Waals surface area contributed by atoms with E-state index < -0.39 is 35.5 Å². The van der Waals surface area contributed by atoms with Gasteiger partial charge in [-0.15, -0.1) is 0 Å². The van der Waals surface area contributed by atoms with Gasteiger partial charge in [-0.25, -0.2) is 9.59 Å². The number of alkyl carbamates (subject to hydrolysis) is 1. The molecular weight excluding hydrogens is 444 g/mol. The van der Waals surface area contributed by atoms with Crippen molar-refractivity contribution in [2.45, 2.75) is 64.5 Å². The van der Waals surface area contributed by atoms with Crippen molar-refractivity contribution in [1.29, 1.82) is 0 Å². The molecule has 35 heavy (non-hydrogen) atoms. The summed E-state index contributed by atoms with van der Waals surface area (Å²) < 4.78 is 5.67.